The lowest BCUT2D eigenvalue weighted by Gasteiger charge is -2.10. The molecule has 1 N–H and O–H groups in total. The number of rotatable bonds is 4. The highest BCUT2D eigenvalue weighted by atomic mass is 35.5. The summed E-state index contributed by atoms with van der Waals surface area (Å²) in [5.74, 6) is -0.508. The van der Waals surface area contributed by atoms with Crippen LogP contribution >= 0.6 is 11.6 Å². The first-order chi connectivity index (χ1) is 12.2. The summed E-state index contributed by atoms with van der Waals surface area (Å²) in [6.07, 6.45) is -4.51. The maximum atomic E-state index is 12.8. The van der Waals surface area contributed by atoms with Crippen LogP contribution in [-0.2, 0) is 11.0 Å². The molecule has 0 saturated carbocycles. The molecule has 0 saturated heterocycles. The van der Waals surface area contributed by atoms with Crippen LogP contribution in [0.5, 0.6) is 0 Å². The van der Waals surface area contributed by atoms with E-state index in [1.807, 2.05) is 0 Å². The van der Waals surface area contributed by atoms with Crippen molar-refractivity contribution in [1.82, 2.24) is 15.2 Å². The van der Waals surface area contributed by atoms with Gasteiger partial charge in [0, 0.05) is 10.7 Å². The van der Waals surface area contributed by atoms with Gasteiger partial charge >= 0.3 is 6.18 Å². The monoisotopic (exact) mass is 384 g/mol. The number of carbonyl (C=O) groups is 1. The summed E-state index contributed by atoms with van der Waals surface area (Å²) < 4.78 is 38.4. The van der Waals surface area contributed by atoms with Crippen molar-refractivity contribution < 1.29 is 22.8 Å². The normalized spacial score (nSPS) is 11.6. The van der Waals surface area contributed by atoms with Crippen LogP contribution in [0.1, 0.15) is 11.1 Å². The smallest absolute Gasteiger partial charge is 0.385 e. The summed E-state index contributed by atoms with van der Waals surface area (Å²) in [4.78, 5) is 17.9. The van der Waals surface area contributed by atoms with Crippen LogP contribution in [0.3, 0.4) is 0 Å². The van der Waals surface area contributed by atoms with E-state index < -0.39 is 24.3 Å². The van der Waals surface area contributed by atoms with Crippen LogP contribution in [0.15, 0.2) is 36.4 Å². The van der Waals surface area contributed by atoms with E-state index in [4.69, 9.17) is 16.4 Å². The number of benzene rings is 2. The van der Waals surface area contributed by atoms with Gasteiger partial charge in [-0.05, 0) is 54.1 Å². The number of amides is 1. The first-order valence-corrected chi connectivity index (χ1v) is 7.74. The highest BCUT2D eigenvalue weighted by Gasteiger charge is 2.31. The number of nitrogens with zero attached hydrogens (tertiary/aromatic N) is 3. The zero-order valence-electron chi connectivity index (χ0n) is 13.3. The second-order valence-electron chi connectivity index (χ2n) is 5.44. The highest BCUT2D eigenvalue weighted by Crippen LogP contribution is 2.30. The molecular weight excluding hydrogens is 373 g/mol. The first-order valence-electron chi connectivity index (χ1n) is 7.36. The van der Waals surface area contributed by atoms with Gasteiger partial charge in [-0.1, -0.05) is 16.4 Å². The molecule has 1 amide bonds. The lowest BCUT2D eigenvalue weighted by molar-refractivity contribution is -0.137. The number of fused-ring (bicyclic) bond motifs is 1. The lowest BCUT2D eigenvalue weighted by Crippen LogP contribution is -2.26. The van der Waals surface area contributed by atoms with Crippen molar-refractivity contribution in [2.45, 2.75) is 13.1 Å². The molecular formula is C16H12ClF3N4O2. The number of anilines is 1. The van der Waals surface area contributed by atoms with E-state index in [9.17, 15) is 18.0 Å². The van der Waals surface area contributed by atoms with E-state index in [-0.39, 0.29) is 11.0 Å². The topological polar surface area (TPSA) is 69.0 Å². The molecule has 10 heteroatoms. The molecule has 0 aliphatic carbocycles. The highest BCUT2D eigenvalue weighted by molar-refractivity contribution is 6.30. The molecule has 136 valence electrons. The lowest BCUT2D eigenvalue weighted by atomic mass is 10.2. The quantitative estimate of drug-likeness (QED) is 0.747. The van der Waals surface area contributed by atoms with Gasteiger partial charge in [-0.15, -0.1) is 5.10 Å². The van der Waals surface area contributed by atoms with Gasteiger partial charge in [-0.2, -0.15) is 13.2 Å². The molecule has 1 heterocycles. The van der Waals surface area contributed by atoms with Crippen molar-refractivity contribution in [2.24, 2.45) is 0 Å². The second-order valence-corrected chi connectivity index (χ2v) is 5.88. The molecule has 0 aliphatic rings. The predicted octanol–water partition coefficient (Wildman–Crippen LogP) is 3.48. The van der Waals surface area contributed by atoms with E-state index in [0.717, 1.165) is 22.5 Å². The van der Waals surface area contributed by atoms with Crippen molar-refractivity contribution in [3.63, 3.8) is 0 Å². The fourth-order valence-corrected chi connectivity index (χ4v) is 2.47. The number of hydrogen-bond acceptors (Lipinski definition) is 4. The first kappa shape index (κ1) is 18.0. The summed E-state index contributed by atoms with van der Waals surface area (Å²) in [6, 6.07) is 7.88. The van der Waals surface area contributed by atoms with Crippen LogP contribution < -0.4 is 10.2 Å². The van der Waals surface area contributed by atoms with Gasteiger partial charge in [-0.25, -0.2) is 0 Å². The molecule has 0 fully saturated rings. The van der Waals surface area contributed by atoms with Crippen LogP contribution in [0.25, 0.3) is 11.0 Å². The molecule has 6 nitrogen and oxygen atoms in total. The Kier molecular flexibility index (Phi) is 4.73. The van der Waals surface area contributed by atoms with E-state index in [2.05, 4.69) is 15.6 Å². The third-order valence-corrected chi connectivity index (χ3v) is 3.76. The summed E-state index contributed by atoms with van der Waals surface area (Å²) in [7, 11) is 0. The van der Waals surface area contributed by atoms with Gasteiger partial charge in [0.25, 0.3) is 5.91 Å². The number of alkyl halides is 3. The number of aromatic nitrogens is 3. The summed E-state index contributed by atoms with van der Waals surface area (Å²) >= 11 is 5.85. The van der Waals surface area contributed by atoms with Gasteiger partial charge in [0.1, 0.15) is 11.0 Å². The molecule has 3 aromatic rings. The molecule has 3 rings (SSSR count). The maximum Gasteiger partial charge on any atom is 0.416 e. The Labute approximate surface area is 150 Å². The van der Waals surface area contributed by atoms with Gasteiger partial charge < -0.3 is 10.2 Å². The van der Waals surface area contributed by atoms with E-state index in [1.54, 1.807) is 25.1 Å². The summed E-state index contributed by atoms with van der Waals surface area (Å²) in [6.45, 7) is 1.31. The number of carbonyl (C=O) groups excluding carboxylic acids is 1. The number of hydrogen-bond donors (Lipinski definition) is 1. The Balaban J connectivity index is 1.72. The molecule has 0 spiro atoms. The molecule has 0 unspecified atom stereocenters. The molecule has 0 radical (unpaired) electrons. The van der Waals surface area contributed by atoms with Gasteiger partial charge in [0.05, 0.1) is 5.56 Å². The zero-order chi connectivity index (χ0) is 18.9. The molecule has 26 heavy (non-hydrogen) atoms. The van der Waals surface area contributed by atoms with Gasteiger partial charge in [0.2, 0.25) is 0 Å². The van der Waals surface area contributed by atoms with E-state index in [1.165, 1.54) is 6.07 Å². The minimum atomic E-state index is -4.51. The van der Waals surface area contributed by atoms with Crippen LogP contribution in [-0.4, -0.2) is 27.7 Å². The number of nitrogens with one attached hydrogen (secondary N) is 1. The van der Waals surface area contributed by atoms with Crippen molar-refractivity contribution in [1.29, 1.82) is 0 Å². The second kappa shape index (κ2) is 6.83. The minimum absolute atomic E-state index is 0.00954. The SMILES string of the molecule is Cc1cc(Cl)ccc1NC(=O)COn1nnc2ccc(C(F)(F)F)cc21. The molecule has 0 aliphatic heterocycles. The molecule has 0 atom stereocenters. The average Bonchev–Trinajstić information content (AvgIpc) is 2.97. The summed E-state index contributed by atoms with van der Waals surface area (Å²) in [5, 5.41) is 10.5. The predicted molar refractivity (Wildman–Crippen MR) is 88.8 cm³/mol. The molecule has 1 aromatic heterocycles. The Bertz CT molecular complexity index is 972. The van der Waals surface area contributed by atoms with E-state index in [0.29, 0.717) is 10.7 Å². The molecule has 0 bridgehead atoms. The fourth-order valence-electron chi connectivity index (χ4n) is 2.24. The van der Waals surface area contributed by atoms with Crippen LogP contribution in [0.4, 0.5) is 18.9 Å². The van der Waals surface area contributed by atoms with Crippen molar-refractivity contribution in [3.05, 3.63) is 52.5 Å². The van der Waals surface area contributed by atoms with Gasteiger partial charge in [0.15, 0.2) is 6.61 Å². The third kappa shape index (κ3) is 3.88. The van der Waals surface area contributed by atoms with Gasteiger partial charge in [-0.3, -0.25) is 4.79 Å². The number of aryl methyl sites for hydroxylation is 1. The Morgan fingerprint density at radius 1 is 1.27 bits per heavy atom. The van der Waals surface area contributed by atoms with E-state index >= 15 is 0 Å². The Morgan fingerprint density at radius 3 is 2.73 bits per heavy atom. The Hall–Kier alpha value is -2.81. The standard InChI is InChI=1S/C16H12ClF3N4O2/c1-9-6-11(17)3-5-12(9)21-15(25)8-26-24-14-7-10(16(18,19)20)2-4-13(14)22-23-24/h2-7H,8H2,1H3,(H,21,25). The maximum absolute atomic E-state index is 12.8. The van der Waals surface area contributed by atoms with Crippen LogP contribution in [0.2, 0.25) is 5.02 Å². The van der Waals surface area contributed by atoms with Crippen molar-refractivity contribution >= 4 is 34.2 Å². The largest absolute Gasteiger partial charge is 0.416 e. The fraction of sp³-hybridized carbons (Fsp3) is 0.188. The van der Waals surface area contributed by atoms with Crippen molar-refractivity contribution in [2.75, 3.05) is 11.9 Å². The zero-order valence-corrected chi connectivity index (χ0v) is 14.1. The number of halogens is 4. The summed E-state index contributed by atoms with van der Waals surface area (Å²) in [5.41, 5.74) is 0.665. The van der Waals surface area contributed by atoms with Crippen LogP contribution in [0, 0.1) is 6.92 Å². The van der Waals surface area contributed by atoms with Crippen molar-refractivity contribution in [3.8, 4) is 0 Å². The minimum Gasteiger partial charge on any atom is -0.385 e. The Morgan fingerprint density at radius 2 is 2.04 bits per heavy atom. The molecule has 2 aromatic carbocycles. The average molecular weight is 385 g/mol. The third-order valence-electron chi connectivity index (χ3n) is 3.52.